The molecule has 0 aliphatic carbocycles. The molecule has 5 nitrogen and oxygen atoms in total. The van der Waals surface area contributed by atoms with E-state index in [2.05, 4.69) is 4.74 Å². The molecule has 1 unspecified atom stereocenters. The van der Waals surface area contributed by atoms with Crippen LogP contribution in [0.3, 0.4) is 0 Å². The number of benzene rings is 1. The highest BCUT2D eigenvalue weighted by Crippen LogP contribution is 2.35. The SMILES string of the molecule is CCOC(=O)C(F)Oc1ccc2c(c1)OCO2. The molecule has 1 heterocycles. The van der Waals surface area contributed by atoms with E-state index in [-0.39, 0.29) is 19.1 Å². The first kappa shape index (κ1) is 11.5. The Balaban J connectivity index is 2.01. The second-order valence-corrected chi connectivity index (χ2v) is 3.20. The third-order valence-corrected chi connectivity index (χ3v) is 2.06. The highest BCUT2D eigenvalue weighted by molar-refractivity contribution is 5.73. The lowest BCUT2D eigenvalue weighted by Gasteiger charge is -2.10. The van der Waals surface area contributed by atoms with Gasteiger partial charge in [-0.2, -0.15) is 4.39 Å². The number of rotatable bonds is 4. The van der Waals surface area contributed by atoms with Crippen LogP contribution in [0.5, 0.6) is 17.2 Å². The molecule has 0 aromatic heterocycles. The van der Waals surface area contributed by atoms with E-state index in [4.69, 9.17) is 14.2 Å². The summed E-state index contributed by atoms with van der Waals surface area (Å²) < 4.78 is 32.7. The van der Waals surface area contributed by atoms with Crippen LogP contribution in [-0.2, 0) is 9.53 Å². The molecule has 1 aromatic carbocycles. The minimum absolute atomic E-state index is 0.101. The third-order valence-electron chi connectivity index (χ3n) is 2.06. The molecule has 2 rings (SSSR count). The van der Waals surface area contributed by atoms with Crippen molar-refractivity contribution in [1.29, 1.82) is 0 Å². The lowest BCUT2D eigenvalue weighted by atomic mass is 10.3. The quantitative estimate of drug-likeness (QED) is 0.751. The van der Waals surface area contributed by atoms with E-state index in [1.807, 2.05) is 0 Å². The highest BCUT2D eigenvalue weighted by atomic mass is 19.1. The molecule has 0 radical (unpaired) electrons. The van der Waals surface area contributed by atoms with E-state index < -0.39 is 12.3 Å². The van der Waals surface area contributed by atoms with Crippen molar-refractivity contribution >= 4 is 5.97 Å². The van der Waals surface area contributed by atoms with Crippen LogP contribution in [0.1, 0.15) is 6.92 Å². The van der Waals surface area contributed by atoms with Gasteiger partial charge in [0.2, 0.25) is 6.79 Å². The first-order valence-electron chi connectivity index (χ1n) is 5.07. The van der Waals surface area contributed by atoms with Crippen LogP contribution in [0, 0.1) is 0 Å². The minimum atomic E-state index is -2.14. The molecular weight excluding hydrogens is 231 g/mol. The maximum atomic E-state index is 13.3. The smallest absolute Gasteiger partial charge is 0.381 e. The number of carbonyl (C=O) groups excluding carboxylic acids is 1. The lowest BCUT2D eigenvalue weighted by Crippen LogP contribution is -2.24. The van der Waals surface area contributed by atoms with Gasteiger partial charge in [0.15, 0.2) is 11.5 Å². The van der Waals surface area contributed by atoms with Gasteiger partial charge in [-0.05, 0) is 19.1 Å². The number of halogens is 1. The van der Waals surface area contributed by atoms with Crippen molar-refractivity contribution in [2.75, 3.05) is 13.4 Å². The molecule has 0 saturated carbocycles. The number of carbonyl (C=O) groups is 1. The predicted octanol–water partition coefficient (Wildman–Crippen LogP) is 1.65. The van der Waals surface area contributed by atoms with E-state index in [0.717, 1.165) is 0 Å². The number of fused-ring (bicyclic) bond motifs is 1. The van der Waals surface area contributed by atoms with E-state index >= 15 is 0 Å². The largest absolute Gasteiger partial charge is 0.461 e. The molecule has 0 fully saturated rings. The summed E-state index contributed by atoms with van der Waals surface area (Å²) in [5.41, 5.74) is 0. The fourth-order valence-corrected chi connectivity index (χ4v) is 1.33. The van der Waals surface area contributed by atoms with Crippen LogP contribution in [0.2, 0.25) is 0 Å². The summed E-state index contributed by atoms with van der Waals surface area (Å²) in [6, 6.07) is 4.52. The van der Waals surface area contributed by atoms with E-state index in [1.165, 1.54) is 12.1 Å². The maximum Gasteiger partial charge on any atom is 0.381 e. The predicted molar refractivity (Wildman–Crippen MR) is 54.7 cm³/mol. The molecule has 17 heavy (non-hydrogen) atoms. The Kier molecular flexibility index (Phi) is 3.32. The van der Waals surface area contributed by atoms with Crippen molar-refractivity contribution in [3.8, 4) is 17.2 Å². The van der Waals surface area contributed by atoms with Crippen LogP contribution in [0.15, 0.2) is 18.2 Å². The van der Waals surface area contributed by atoms with Gasteiger partial charge in [0.25, 0.3) is 0 Å². The minimum Gasteiger partial charge on any atom is -0.461 e. The molecular formula is C11H11FO5. The van der Waals surface area contributed by atoms with E-state index in [0.29, 0.717) is 11.5 Å². The lowest BCUT2D eigenvalue weighted by molar-refractivity contribution is -0.159. The van der Waals surface area contributed by atoms with Gasteiger partial charge in [0, 0.05) is 6.07 Å². The van der Waals surface area contributed by atoms with Gasteiger partial charge in [-0.1, -0.05) is 0 Å². The molecule has 6 heteroatoms. The molecule has 0 bridgehead atoms. The zero-order valence-electron chi connectivity index (χ0n) is 9.14. The average Bonchev–Trinajstić information content (AvgIpc) is 2.76. The second-order valence-electron chi connectivity index (χ2n) is 3.20. The molecule has 0 spiro atoms. The van der Waals surface area contributed by atoms with Gasteiger partial charge in [0.05, 0.1) is 6.61 Å². The Bertz CT molecular complexity index is 420. The van der Waals surface area contributed by atoms with Crippen molar-refractivity contribution in [1.82, 2.24) is 0 Å². The number of esters is 1. The zero-order valence-corrected chi connectivity index (χ0v) is 9.14. The molecule has 1 aromatic rings. The van der Waals surface area contributed by atoms with Crippen molar-refractivity contribution in [3.05, 3.63) is 18.2 Å². The molecule has 92 valence electrons. The van der Waals surface area contributed by atoms with Gasteiger partial charge < -0.3 is 18.9 Å². The Labute approximate surface area is 97.0 Å². The first-order chi connectivity index (χ1) is 8.20. The fraction of sp³-hybridized carbons (Fsp3) is 0.364. The van der Waals surface area contributed by atoms with Gasteiger partial charge >= 0.3 is 12.3 Å². The number of alkyl halides is 1. The van der Waals surface area contributed by atoms with Crippen LogP contribution in [0.25, 0.3) is 0 Å². The van der Waals surface area contributed by atoms with Crippen LogP contribution >= 0.6 is 0 Å². The Morgan fingerprint density at radius 3 is 3.00 bits per heavy atom. The summed E-state index contributed by atoms with van der Waals surface area (Å²) in [7, 11) is 0. The van der Waals surface area contributed by atoms with Gasteiger partial charge in [-0.25, -0.2) is 4.79 Å². The van der Waals surface area contributed by atoms with Crippen LogP contribution < -0.4 is 14.2 Å². The summed E-state index contributed by atoms with van der Waals surface area (Å²) >= 11 is 0. The Hall–Kier alpha value is -1.98. The van der Waals surface area contributed by atoms with Gasteiger partial charge in [-0.3, -0.25) is 0 Å². The molecule has 0 amide bonds. The van der Waals surface area contributed by atoms with Crippen molar-refractivity contribution in [2.24, 2.45) is 0 Å². The topological polar surface area (TPSA) is 54.0 Å². The second kappa shape index (κ2) is 4.90. The number of ether oxygens (including phenoxy) is 4. The fourth-order valence-electron chi connectivity index (χ4n) is 1.33. The maximum absolute atomic E-state index is 13.3. The molecule has 1 atom stereocenters. The van der Waals surface area contributed by atoms with Crippen molar-refractivity contribution in [2.45, 2.75) is 13.3 Å². The highest BCUT2D eigenvalue weighted by Gasteiger charge is 2.22. The van der Waals surface area contributed by atoms with Crippen molar-refractivity contribution < 1.29 is 28.1 Å². The van der Waals surface area contributed by atoms with Crippen molar-refractivity contribution in [3.63, 3.8) is 0 Å². The van der Waals surface area contributed by atoms with E-state index in [9.17, 15) is 9.18 Å². The summed E-state index contributed by atoms with van der Waals surface area (Å²) in [6.07, 6.45) is -2.14. The number of hydrogen-bond acceptors (Lipinski definition) is 5. The zero-order chi connectivity index (χ0) is 12.3. The standard InChI is InChI=1S/C11H11FO5/c1-2-14-11(13)10(12)17-7-3-4-8-9(5-7)16-6-15-8/h3-5,10H,2,6H2,1H3. The molecule has 0 N–H and O–H groups in total. The molecule has 1 aliphatic heterocycles. The summed E-state index contributed by atoms with van der Waals surface area (Å²) in [6.45, 7) is 1.81. The summed E-state index contributed by atoms with van der Waals surface area (Å²) in [5, 5.41) is 0. The Morgan fingerprint density at radius 1 is 1.47 bits per heavy atom. The normalized spacial score (nSPS) is 14.2. The van der Waals surface area contributed by atoms with Crippen LogP contribution in [-0.4, -0.2) is 25.7 Å². The molecule has 0 saturated heterocycles. The van der Waals surface area contributed by atoms with Gasteiger partial charge in [-0.15, -0.1) is 0 Å². The average molecular weight is 242 g/mol. The molecule has 1 aliphatic rings. The summed E-state index contributed by atoms with van der Waals surface area (Å²) in [5.74, 6) is 0.141. The summed E-state index contributed by atoms with van der Waals surface area (Å²) in [4.78, 5) is 11.0. The monoisotopic (exact) mass is 242 g/mol. The van der Waals surface area contributed by atoms with E-state index in [1.54, 1.807) is 13.0 Å². The van der Waals surface area contributed by atoms with Crippen LogP contribution in [0.4, 0.5) is 4.39 Å². The number of hydrogen-bond donors (Lipinski definition) is 0. The third kappa shape index (κ3) is 2.58. The first-order valence-corrected chi connectivity index (χ1v) is 5.07. The Morgan fingerprint density at radius 2 is 2.24 bits per heavy atom. The van der Waals surface area contributed by atoms with Gasteiger partial charge in [0.1, 0.15) is 5.75 Å².